The van der Waals surface area contributed by atoms with Crippen LogP contribution >= 0.6 is 0 Å². The van der Waals surface area contributed by atoms with Gasteiger partial charge < -0.3 is 5.11 Å². The number of carbonyl (C=O) groups is 1. The predicted molar refractivity (Wildman–Crippen MR) is 68.6 cm³/mol. The highest BCUT2D eigenvalue weighted by Crippen LogP contribution is 2.55. The second-order valence-electron chi connectivity index (χ2n) is 6.47. The zero-order valence-electron chi connectivity index (χ0n) is 11.3. The second-order valence-corrected chi connectivity index (χ2v) is 6.47. The fourth-order valence-electron chi connectivity index (χ4n) is 3.61. The highest BCUT2D eigenvalue weighted by molar-refractivity contribution is 5.88. The molecule has 0 spiro atoms. The Hall–Kier alpha value is -0.630. The maximum Gasteiger partial charge on any atom is 0.142 e. The molecule has 17 heavy (non-hydrogen) atoms. The van der Waals surface area contributed by atoms with Crippen LogP contribution in [0.25, 0.3) is 0 Å². The van der Waals surface area contributed by atoms with Crippen LogP contribution in [0.3, 0.4) is 0 Å². The van der Waals surface area contributed by atoms with E-state index in [9.17, 15) is 9.90 Å². The van der Waals surface area contributed by atoms with Gasteiger partial charge in [-0.1, -0.05) is 20.4 Å². The number of carbonyl (C=O) groups excluding carboxylic acids is 1. The molecule has 2 aliphatic rings. The number of ketones is 1. The molecule has 96 valence electrons. The minimum absolute atomic E-state index is 0.231. The van der Waals surface area contributed by atoms with Gasteiger partial charge in [-0.05, 0) is 50.0 Å². The Morgan fingerprint density at radius 3 is 2.65 bits per heavy atom. The molecule has 2 fully saturated rings. The maximum absolute atomic E-state index is 12.2. The van der Waals surface area contributed by atoms with Crippen molar-refractivity contribution in [2.24, 2.45) is 17.3 Å². The Balaban J connectivity index is 2.35. The van der Waals surface area contributed by atoms with Crippen molar-refractivity contribution in [3.05, 3.63) is 12.2 Å². The van der Waals surface area contributed by atoms with Gasteiger partial charge in [-0.3, -0.25) is 4.79 Å². The molecule has 0 radical (unpaired) electrons. The largest absolute Gasteiger partial charge is 0.384 e. The average Bonchev–Trinajstić information content (AvgIpc) is 2.27. The fourth-order valence-corrected chi connectivity index (χ4v) is 3.61. The first-order valence-electron chi connectivity index (χ1n) is 6.75. The predicted octanol–water partition coefficient (Wildman–Crippen LogP) is 3.10. The second kappa shape index (κ2) is 3.94. The van der Waals surface area contributed by atoms with Gasteiger partial charge in [0.05, 0.1) is 11.0 Å². The minimum Gasteiger partial charge on any atom is -0.384 e. The first-order valence-corrected chi connectivity index (χ1v) is 6.75. The van der Waals surface area contributed by atoms with Crippen molar-refractivity contribution in [2.45, 2.75) is 58.5 Å². The Labute approximate surface area is 104 Å². The van der Waals surface area contributed by atoms with Crippen LogP contribution in [0.4, 0.5) is 0 Å². The number of rotatable bonds is 1. The monoisotopic (exact) mass is 236 g/mol. The molecule has 2 heteroatoms. The molecule has 0 bridgehead atoms. The summed E-state index contributed by atoms with van der Waals surface area (Å²) < 4.78 is 0. The van der Waals surface area contributed by atoms with Crippen LogP contribution in [0.15, 0.2) is 12.2 Å². The number of fused-ring (bicyclic) bond motifs is 1. The van der Waals surface area contributed by atoms with Crippen molar-refractivity contribution in [3.63, 3.8) is 0 Å². The van der Waals surface area contributed by atoms with Crippen molar-refractivity contribution in [1.29, 1.82) is 0 Å². The van der Waals surface area contributed by atoms with E-state index in [0.29, 0.717) is 31.1 Å². The molecule has 2 saturated carbocycles. The molecule has 1 N–H and O–H groups in total. The fraction of sp³-hybridized carbons (Fsp3) is 0.800. The molecule has 0 aromatic heterocycles. The summed E-state index contributed by atoms with van der Waals surface area (Å²) in [6.07, 6.45) is 3.80. The van der Waals surface area contributed by atoms with E-state index in [2.05, 4.69) is 20.4 Å². The van der Waals surface area contributed by atoms with Gasteiger partial charge in [-0.2, -0.15) is 0 Å². The lowest BCUT2D eigenvalue weighted by Gasteiger charge is -2.54. The quantitative estimate of drug-likeness (QED) is 0.710. The highest BCUT2D eigenvalue weighted by Gasteiger charge is 2.58. The summed E-state index contributed by atoms with van der Waals surface area (Å²) in [7, 11) is 0. The lowest BCUT2D eigenvalue weighted by molar-refractivity contribution is -0.157. The molecular formula is C15H24O2. The number of aliphatic hydroxyl groups is 1. The standard InChI is InChI=1S/C15H24O2/c1-10(2)12-7-8-14(4)13(16)6-5-11(3)15(14,17)9-12/h10,12,17H,3,5-9H2,1-2,4H3/t12-,14+,15-/m1/s1. The van der Waals surface area contributed by atoms with Crippen molar-refractivity contribution in [3.8, 4) is 0 Å². The molecular weight excluding hydrogens is 212 g/mol. The van der Waals surface area contributed by atoms with Gasteiger partial charge >= 0.3 is 0 Å². The Bertz CT molecular complexity index is 358. The summed E-state index contributed by atoms with van der Waals surface area (Å²) in [5.74, 6) is 1.30. The lowest BCUT2D eigenvalue weighted by Crippen LogP contribution is -2.59. The number of Topliss-reactive ketones (excluding diaryl/α,β-unsaturated/α-hetero) is 1. The van der Waals surface area contributed by atoms with E-state index in [0.717, 1.165) is 18.4 Å². The van der Waals surface area contributed by atoms with Crippen LogP contribution < -0.4 is 0 Å². The summed E-state index contributed by atoms with van der Waals surface area (Å²) in [6.45, 7) is 10.4. The molecule has 2 nitrogen and oxygen atoms in total. The van der Waals surface area contributed by atoms with Gasteiger partial charge in [-0.25, -0.2) is 0 Å². The molecule has 2 aliphatic carbocycles. The van der Waals surface area contributed by atoms with Gasteiger partial charge in [0.25, 0.3) is 0 Å². The molecule has 0 amide bonds. The van der Waals surface area contributed by atoms with E-state index in [1.165, 1.54) is 0 Å². The summed E-state index contributed by atoms with van der Waals surface area (Å²) in [6, 6.07) is 0. The van der Waals surface area contributed by atoms with Crippen LogP contribution in [0.5, 0.6) is 0 Å². The summed E-state index contributed by atoms with van der Waals surface area (Å²) in [5.41, 5.74) is -0.645. The molecule has 0 aromatic carbocycles. The highest BCUT2D eigenvalue weighted by atomic mass is 16.3. The van der Waals surface area contributed by atoms with Gasteiger partial charge in [-0.15, -0.1) is 0 Å². The van der Waals surface area contributed by atoms with E-state index < -0.39 is 11.0 Å². The maximum atomic E-state index is 12.2. The van der Waals surface area contributed by atoms with Crippen molar-refractivity contribution >= 4 is 5.78 Å². The van der Waals surface area contributed by atoms with Crippen LogP contribution in [0.2, 0.25) is 0 Å². The Morgan fingerprint density at radius 1 is 1.41 bits per heavy atom. The van der Waals surface area contributed by atoms with E-state index >= 15 is 0 Å². The number of hydrogen-bond donors (Lipinski definition) is 1. The Kier molecular flexibility index (Phi) is 2.97. The molecule has 3 atom stereocenters. The summed E-state index contributed by atoms with van der Waals surface area (Å²) in [4.78, 5) is 12.2. The van der Waals surface area contributed by atoms with E-state index in [1.807, 2.05) is 6.92 Å². The van der Waals surface area contributed by atoms with Crippen LogP contribution in [0, 0.1) is 17.3 Å². The summed E-state index contributed by atoms with van der Waals surface area (Å²) >= 11 is 0. The molecule has 2 rings (SSSR count). The normalized spacial score (nSPS) is 42.8. The van der Waals surface area contributed by atoms with Crippen LogP contribution in [-0.2, 0) is 4.79 Å². The van der Waals surface area contributed by atoms with E-state index in [-0.39, 0.29) is 5.78 Å². The Morgan fingerprint density at radius 2 is 2.06 bits per heavy atom. The molecule has 0 aromatic rings. The third-order valence-corrected chi connectivity index (χ3v) is 5.28. The zero-order chi connectivity index (χ0) is 12.8. The smallest absolute Gasteiger partial charge is 0.142 e. The van der Waals surface area contributed by atoms with Crippen molar-refractivity contribution in [2.75, 3.05) is 0 Å². The van der Waals surface area contributed by atoms with Crippen molar-refractivity contribution in [1.82, 2.24) is 0 Å². The third-order valence-electron chi connectivity index (χ3n) is 5.28. The lowest BCUT2D eigenvalue weighted by atomic mass is 9.52. The SMILES string of the molecule is C=C1CCC(=O)[C@]2(C)CC[C@@H](C(C)C)C[C@@]12O. The van der Waals surface area contributed by atoms with Crippen molar-refractivity contribution < 1.29 is 9.90 Å². The first kappa shape index (κ1) is 12.8. The minimum atomic E-state index is -0.949. The molecule has 0 saturated heterocycles. The van der Waals surface area contributed by atoms with Gasteiger partial charge in [0.15, 0.2) is 0 Å². The van der Waals surface area contributed by atoms with Gasteiger partial charge in [0, 0.05) is 6.42 Å². The van der Waals surface area contributed by atoms with E-state index in [4.69, 9.17) is 0 Å². The molecule has 0 heterocycles. The van der Waals surface area contributed by atoms with Crippen LogP contribution in [-0.4, -0.2) is 16.5 Å². The van der Waals surface area contributed by atoms with E-state index in [1.54, 1.807) is 0 Å². The first-order chi connectivity index (χ1) is 7.81. The average molecular weight is 236 g/mol. The van der Waals surface area contributed by atoms with Gasteiger partial charge in [0.2, 0.25) is 0 Å². The number of hydrogen-bond acceptors (Lipinski definition) is 2. The summed E-state index contributed by atoms with van der Waals surface area (Å²) in [5, 5.41) is 11.0. The topological polar surface area (TPSA) is 37.3 Å². The van der Waals surface area contributed by atoms with Gasteiger partial charge in [0.1, 0.15) is 5.78 Å². The zero-order valence-corrected chi connectivity index (χ0v) is 11.3. The third kappa shape index (κ3) is 1.69. The van der Waals surface area contributed by atoms with Crippen LogP contribution in [0.1, 0.15) is 52.9 Å². The molecule has 0 aliphatic heterocycles. The molecule has 0 unspecified atom stereocenters.